The average Bonchev–Trinajstić information content (AvgIpc) is 3.11. The highest BCUT2D eigenvalue weighted by atomic mass is 16.3. The van der Waals surface area contributed by atoms with Gasteiger partial charge in [-0.3, -0.25) is 0 Å². The van der Waals surface area contributed by atoms with Crippen LogP contribution in [0.4, 0.5) is 4.79 Å². The van der Waals surface area contributed by atoms with E-state index in [2.05, 4.69) is 34.9 Å². The number of hydrogen-bond acceptors (Lipinski definition) is 2. The number of rotatable bonds is 5. The van der Waals surface area contributed by atoms with Gasteiger partial charge in [-0.05, 0) is 35.4 Å². The summed E-state index contributed by atoms with van der Waals surface area (Å²) in [6.07, 6.45) is 1.68. The zero-order valence-corrected chi connectivity index (χ0v) is 13.5. The predicted octanol–water partition coefficient (Wildman–Crippen LogP) is 2.23. The van der Waals surface area contributed by atoms with E-state index in [9.17, 15) is 9.90 Å². The Kier molecular flexibility index (Phi) is 3.98. The van der Waals surface area contributed by atoms with E-state index in [4.69, 9.17) is 0 Å². The van der Waals surface area contributed by atoms with Gasteiger partial charge in [-0.15, -0.1) is 0 Å². The Balaban J connectivity index is 1.31. The number of carbonyl (C=O) groups excluding carboxylic acids is 1. The maximum absolute atomic E-state index is 12.3. The van der Waals surface area contributed by atoms with Gasteiger partial charge < -0.3 is 15.7 Å². The second-order valence-corrected chi connectivity index (χ2v) is 6.81. The molecule has 2 aliphatic rings. The predicted molar refractivity (Wildman–Crippen MR) is 92.9 cm³/mol. The third kappa shape index (κ3) is 2.89. The Morgan fingerprint density at radius 3 is 2.67 bits per heavy atom. The molecular weight excluding hydrogens is 300 g/mol. The molecule has 3 N–H and O–H groups in total. The van der Waals surface area contributed by atoms with E-state index in [1.165, 1.54) is 11.1 Å². The van der Waals surface area contributed by atoms with Crippen LogP contribution in [-0.2, 0) is 12.8 Å². The van der Waals surface area contributed by atoms with Gasteiger partial charge in [-0.1, -0.05) is 54.6 Å². The molecule has 1 saturated carbocycles. The van der Waals surface area contributed by atoms with Crippen molar-refractivity contribution in [3.05, 3.63) is 71.3 Å². The molecule has 1 fully saturated rings. The fraction of sp³-hybridized carbons (Fsp3) is 0.350. The summed E-state index contributed by atoms with van der Waals surface area (Å²) in [7, 11) is 0. The summed E-state index contributed by atoms with van der Waals surface area (Å²) < 4.78 is 0. The Bertz CT molecular complexity index is 725. The molecule has 0 bridgehead atoms. The van der Waals surface area contributed by atoms with Crippen LogP contribution in [0.2, 0.25) is 0 Å². The molecule has 0 heterocycles. The molecule has 4 atom stereocenters. The molecule has 4 rings (SSSR count). The number of aliphatic hydroxyl groups excluding tert-OH is 1. The van der Waals surface area contributed by atoms with Crippen molar-refractivity contribution in [1.29, 1.82) is 0 Å². The van der Waals surface area contributed by atoms with Crippen molar-refractivity contribution in [3.63, 3.8) is 0 Å². The Labute approximate surface area is 141 Å². The summed E-state index contributed by atoms with van der Waals surface area (Å²) in [6.45, 7) is -0.0668. The molecule has 0 aromatic heterocycles. The number of amides is 2. The first-order valence-corrected chi connectivity index (χ1v) is 8.56. The maximum Gasteiger partial charge on any atom is 0.315 e. The molecule has 124 valence electrons. The minimum atomic E-state index is -0.265. The van der Waals surface area contributed by atoms with Crippen molar-refractivity contribution in [2.75, 3.05) is 6.61 Å². The number of aliphatic hydroxyl groups is 1. The topological polar surface area (TPSA) is 61.4 Å². The summed E-state index contributed by atoms with van der Waals surface area (Å²) in [5.74, 6) is 1.00. The molecule has 0 saturated heterocycles. The van der Waals surface area contributed by atoms with E-state index in [-0.39, 0.29) is 24.7 Å². The lowest BCUT2D eigenvalue weighted by atomic mass is 10.1. The summed E-state index contributed by atoms with van der Waals surface area (Å²) >= 11 is 0. The highest BCUT2D eigenvalue weighted by molar-refractivity contribution is 5.75. The van der Waals surface area contributed by atoms with Crippen LogP contribution in [-0.4, -0.2) is 29.8 Å². The second-order valence-electron chi connectivity index (χ2n) is 6.81. The monoisotopic (exact) mass is 322 g/mol. The zero-order valence-electron chi connectivity index (χ0n) is 13.5. The van der Waals surface area contributed by atoms with Crippen LogP contribution in [0.15, 0.2) is 54.6 Å². The lowest BCUT2D eigenvalue weighted by Gasteiger charge is -2.18. The van der Waals surface area contributed by atoms with E-state index in [0.29, 0.717) is 18.3 Å². The normalized spacial score (nSPS) is 24.6. The van der Waals surface area contributed by atoms with Crippen molar-refractivity contribution in [2.24, 2.45) is 5.92 Å². The SMILES string of the molecule is O=C(NC(CO)Cc1ccccc1)NC1C2Cc3ccccc3C21. The molecule has 4 heteroatoms. The molecule has 24 heavy (non-hydrogen) atoms. The highest BCUT2D eigenvalue weighted by Gasteiger charge is 2.56. The fourth-order valence-electron chi connectivity index (χ4n) is 3.99. The van der Waals surface area contributed by atoms with Crippen LogP contribution >= 0.6 is 0 Å². The maximum atomic E-state index is 12.3. The number of urea groups is 1. The minimum Gasteiger partial charge on any atom is -0.394 e. The number of fused-ring (bicyclic) bond motifs is 3. The van der Waals surface area contributed by atoms with Crippen LogP contribution in [0.25, 0.3) is 0 Å². The molecule has 0 radical (unpaired) electrons. The van der Waals surface area contributed by atoms with Crippen molar-refractivity contribution in [3.8, 4) is 0 Å². The van der Waals surface area contributed by atoms with E-state index >= 15 is 0 Å². The number of hydrogen-bond donors (Lipinski definition) is 3. The van der Waals surface area contributed by atoms with Gasteiger partial charge in [0.1, 0.15) is 0 Å². The zero-order chi connectivity index (χ0) is 16.5. The van der Waals surface area contributed by atoms with Gasteiger partial charge in [0, 0.05) is 12.0 Å². The van der Waals surface area contributed by atoms with Crippen LogP contribution in [0.1, 0.15) is 22.6 Å². The van der Waals surface area contributed by atoms with Gasteiger partial charge in [-0.2, -0.15) is 0 Å². The van der Waals surface area contributed by atoms with E-state index in [0.717, 1.165) is 12.0 Å². The lowest BCUT2D eigenvalue weighted by molar-refractivity contribution is 0.215. The first kappa shape index (κ1) is 15.2. The van der Waals surface area contributed by atoms with Crippen molar-refractivity contribution in [2.45, 2.75) is 30.8 Å². The third-order valence-electron chi connectivity index (χ3n) is 5.22. The largest absolute Gasteiger partial charge is 0.394 e. The van der Waals surface area contributed by atoms with Gasteiger partial charge in [0.05, 0.1) is 12.6 Å². The molecule has 0 spiro atoms. The van der Waals surface area contributed by atoms with Crippen LogP contribution < -0.4 is 10.6 Å². The Morgan fingerprint density at radius 1 is 1.12 bits per heavy atom. The summed E-state index contributed by atoms with van der Waals surface area (Å²) in [4.78, 5) is 12.3. The number of nitrogens with one attached hydrogen (secondary N) is 2. The molecule has 2 amide bonds. The van der Waals surface area contributed by atoms with Crippen LogP contribution in [0.5, 0.6) is 0 Å². The van der Waals surface area contributed by atoms with Crippen molar-refractivity contribution >= 4 is 6.03 Å². The molecule has 2 aromatic rings. The second kappa shape index (κ2) is 6.29. The lowest BCUT2D eigenvalue weighted by Crippen LogP contribution is -2.46. The Hall–Kier alpha value is -2.33. The molecule has 4 unspecified atom stereocenters. The van der Waals surface area contributed by atoms with Crippen LogP contribution in [0.3, 0.4) is 0 Å². The quantitative estimate of drug-likeness (QED) is 0.790. The van der Waals surface area contributed by atoms with E-state index in [1.807, 2.05) is 30.3 Å². The highest BCUT2D eigenvalue weighted by Crippen LogP contribution is 2.56. The van der Waals surface area contributed by atoms with Gasteiger partial charge in [0.2, 0.25) is 0 Å². The van der Waals surface area contributed by atoms with Gasteiger partial charge in [0.15, 0.2) is 0 Å². The van der Waals surface area contributed by atoms with Crippen molar-refractivity contribution < 1.29 is 9.90 Å². The van der Waals surface area contributed by atoms with Gasteiger partial charge >= 0.3 is 6.03 Å². The number of benzene rings is 2. The summed E-state index contributed by atoms with van der Waals surface area (Å²) in [6, 6.07) is 18.2. The first-order valence-electron chi connectivity index (χ1n) is 8.56. The molecule has 2 aromatic carbocycles. The van der Waals surface area contributed by atoms with Crippen molar-refractivity contribution in [1.82, 2.24) is 10.6 Å². The molecular formula is C20H22N2O2. The Morgan fingerprint density at radius 2 is 1.88 bits per heavy atom. The molecule has 0 aliphatic heterocycles. The standard InChI is InChI=1S/C20H22N2O2/c23-12-15(10-13-6-2-1-3-7-13)21-20(24)22-19-17-11-14-8-4-5-9-16(14)18(17)19/h1-9,15,17-19,23H,10-12H2,(H2,21,22,24). The third-order valence-corrected chi connectivity index (χ3v) is 5.22. The fourth-order valence-corrected chi connectivity index (χ4v) is 3.99. The van der Waals surface area contributed by atoms with Gasteiger partial charge in [0.25, 0.3) is 0 Å². The first-order chi connectivity index (χ1) is 11.8. The minimum absolute atomic E-state index is 0.0668. The van der Waals surface area contributed by atoms with E-state index in [1.54, 1.807) is 0 Å². The van der Waals surface area contributed by atoms with E-state index < -0.39 is 0 Å². The molecule has 4 nitrogen and oxygen atoms in total. The molecule has 2 aliphatic carbocycles. The summed E-state index contributed by atoms with van der Waals surface area (Å²) in [5.41, 5.74) is 3.91. The average molecular weight is 322 g/mol. The van der Waals surface area contributed by atoms with Crippen LogP contribution in [0, 0.1) is 5.92 Å². The smallest absolute Gasteiger partial charge is 0.315 e. The summed E-state index contributed by atoms with van der Waals surface area (Å²) in [5, 5.41) is 15.5. The van der Waals surface area contributed by atoms with Gasteiger partial charge in [-0.25, -0.2) is 4.79 Å². The number of carbonyl (C=O) groups is 1.